The Bertz CT molecular complexity index is 539. The van der Waals surface area contributed by atoms with Crippen LogP contribution in [-0.4, -0.2) is 38.5 Å². The normalized spacial score (nSPS) is 19.3. The molecule has 1 atom stereocenters. The van der Waals surface area contributed by atoms with Gasteiger partial charge in [0.15, 0.2) is 0 Å². The Hall–Kier alpha value is -0.620. The minimum absolute atomic E-state index is 0.0239. The van der Waals surface area contributed by atoms with Gasteiger partial charge in [0.2, 0.25) is 10.0 Å². The van der Waals surface area contributed by atoms with E-state index in [0.29, 0.717) is 19.0 Å². The van der Waals surface area contributed by atoms with Gasteiger partial charge in [-0.25, -0.2) is 8.42 Å². The van der Waals surface area contributed by atoms with Crippen LogP contribution in [-0.2, 0) is 26.4 Å². The molecule has 0 aliphatic carbocycles. The van der Waals surface area contributed by atoms with Crippen LogP contribution >= 0.6 is 11.6 Å². The molecule has 0 saturated carbocycles. The van der Waals surface area contributed by atoms with Gasteiger partial charge in [-0.15, -0.1) is 11.6 Å². The van der Waals surface area contributed by atoms with Crippen LogP contribution in [0.4, 0.5) is 0 Å². The van der Waals surface area contributed by atoms with Crippen molar-refractivity contribution in [3.8, 4) is 0 Å². The molecule has 1 fully saturated rings. The van der Waals surface area contributed by atoms with Crippen LogP contribution in [0.1, 0.15) is 30.9 Å². The Morgan fingerprint density at radius 1 is 1.29 bits per heavy atom. The second-order valence-electron chi connectivity index (χ2n) is 5.29. The molecule has 0 aromatic heterocycles. The third-order valence-electron chi connectivity index (χ3n) is 3.70. The van der Waals surface area contributed by atoms with Crippen molar-refractivity contribution in [3.05, 3.63) is 35.4 Å². The highest BCUT2D eigenvalue weighted by molar-refractivity contribution is 7.88. The number of hydrogen-bond donors (Lipinski definition) is 0. The molecular formula is C15H22ClNO3S. The lowest BCUT2D eigenvalue weighted by molar-refractivity contribution is 0.0946. The van der Waals surface area contributed by atoms with Crippen molar-refractivity contribution in [1.82, 2.24) is 4.31 Å². The van der Waals surface area contributed by atoms with Crippen LogP contribution in [0.2, 0.25) is 0 Å². The summed E-state index contributed by atoms with van der Waals surface area (Å²) in [6.45, 7) is 3.53. The van der Waals surface area contributed by atoms with Crippen molar-refractivity contribution in [1.29, 1.82) is 0 Å². The number of rotatable bonds is 7. The van der Waals surface area contributed by atoms with Gasteiger partial charge in [0.1, 0.15) is 0 Å². The van der Waals surface area contributed by atoms with Gasteiger partial charge in [-0.05, 0) is 24.0 Å². The van der Waals surface area contributed by atoms with Crippen LogP contribution in [0.25, 0.3) is 0 Å². The highest BCUT2D eigenvalue weighted by Crippen LogP contribution is 2.18. The van der Waals surface area contributed by atoms with Gasteiger partial charge in [0.25, 0.3) is 0 Å². The molecule has 0 N–H and O–H groups in total. The van der Waals surface area contributed by atoms with Crippen LogP contribution in [0.5, 0.6) is 0 Å². The molecular weight excluding hydrogens is 310 g/mol. The molecule has 0 bridgehead atoms. The Balaban J connectivity index is 2.03. The van der Waals surface area contributed by atoms with Gasteiger partial charge >= 0.3 is 0 Å². The first-order valence-corrected chi connectivity index (χ1v) is 9.42. The minimum Gasteiger partial charge on any atom is -0.377 e. The molecule has 1 aromatic rings. The van der Waals surface area contributed by atoms with Gasteiger partial charge in [-0.3, -0.25) is 0 Å². The second kappa shape index (κ2) is 7.58. The summed E-state index contributed by atoms with van der Waals surface area (Å²) in [6.07, 6.45) is 2.00. The van der Waals surface area contributed by atoms with Gasteiger partial charge in [0, 0.05) is 25.6 Å². The highest BCUT2D eigenvalue weighted by Gasteiger charge is 2.26. The fourth-order valence-electron chi connectivity index (χ4n) is 2.48. The first-order valence-electron chi connectivity index (χ1n) is 7.28. The zero-order valence-corrected chi connectivity index (χ0v) is 13.9. The minimum atomic E-state index is -3.31. The number of nitrogens with zero attached hydrogens (tertiary/aromatic N) is 1. The Morgan fingerprint density at radius 3 is 2.48 bits per heavy atom. The summed E-state index contributed by atoms with van der Waals surface area (Å²) in [5, 5.41) is 0. The van der Waals surface area contributed by atoms with E-state index in [9.17, 15) is 8.42 Å². The number of hydrogen-bond acceptors (Lipinski definition) is 3. The lowest BCUT2D eigenvalue weighted by atomic mass is 10.2. The molecule has 4 nitrogen and oxygen atoms in total. The van der Waals surface area contributed by atoms with Crippen molar-refractivity contribution < 1.29 is 13.2 Å². The van der Waals surface area contributed by atoms with E-state index < -0.39 is 10.0 Å². The SMILES string of the molecule is CCN(CC1CCCO1)S(=O)(=O)Cc1ccc(CCl)cc1. The topological polar surface area (TPSA) is 46.6 Å². The summed E-state index contributed by atoms with van der Waals surface area (Å²) in [5.41, 5.74) is 1.78. The van der Waals surface area contributed by atoms with Crippen LogP contribution in [0.3, 0.4) is 0 Å². The quantitative estimate of drug-likeness (QED) is 0.722. The Morgan fingerprint density at radius 2 is 1.95 bits per heavy atom. The lowest BCUT2D eigenvalue weighted by Crippen LogP contribution is -2.37. The molecule has 1 aromatic carbocycles. The maximum absolute atomic E-state index is 12.5. The fourth-order valence-corrected chi connectivity index (χ4v) is 4.24. The van der Waals surface area contributed by atoms with E-state index in [0.717, 1.165) is 30.6 Å². The highest BCUT2D eigenvalue weighted by atomic mass is 35.5. The van der Waals surface area contributed by atoms with Gasteiger partial charge in [0.05, 0.1) is 11.9 Å². The van der Waals surface area contributed by atoms with Gasteiger partial charge < -0.3 is 4.74 Å². The van der Waals surface area contributed by atoms with Crippen LogP contribution in [0, 0.1) is 0 Å². The van der Waals surface area contributed by atoms with E-state index in [4.69, 9.17) is 16.3 Å². The Labute approximate surface area is 132 Å². The third-order valence-corrected chi connectivity index (χ3v) is 5.90. The number of benzene rings is 1. The molecule has 0 spiro atoms. The van der Waals surface area contributed by atoms with E-state index >= 15 is 0 Å². The van der Waals surface area contributed by atoms with Crippen molar-refractivity contribution in [3.63, 3.8) is 0 Å². The van der Waals surface area contributed by atoms with E-state index in [1.807, 2.05) is 31.2 Å². The zero-order valence-electron chi connectivity index (χ0n) is 12.3. The molecule has 0 amide bonds. The van der Waals surface area contributed by atoms with Crippen molar-refractivity contribution in [2.24, 2.45) is 0 Å². The standard InChI is InChI=1S/C15H22ClNO3S/c1-2-17(11-15-4-3-9-20-15)21(18,19)12-14-7-5-13(10-16)6-8-14/h5-8,15H,2-4,9-12H2,1H3. The summed E-state index contributed by atoms with van der Waals surface area (Å²) >= 11 is 5.74. The number of likely N-dealkylation sites (N-methyl/N-ethyl adjacent to an activating group) is 1. The summed E-state index contributed by atoms with van der Waals surface area (Å²) in [4.78, 5) is 0. The maximum atomic E-state index is 12.5. The maximum Gasteiger partial charge on any atom is 0.218 e. The van der Waals surface area contributed by atoms with Crippen molar-refractivity contribution in [2.75, 3.05) is 19.7 Å². The first kappa shape index (κ1) is 16.7. The summed E-state index contributed by atoms with van der Waals surface area (Å²) in [6, 6.07) is 7.40. The van der Waals surface area contributed by atoms with Crippen LogP contribution in [0.15, 0.2) is 24.3 Å². The average molecular weight is 332 g/mol. The summed E-state index contributed by atoms with van der Waals surface area (Å²) in [7, 11) is -3.31. The van der Waals surface area contributed by atoms with E-state index in [1.165, 1.54) is 4.31 Å². The zero-order chi connectivity index (χ0) is 15.3. The molecule has 2 rings (SSSR count). The van der Waals surface area contributed by atoms with E-state index in [1.54, 1.807) is 0 Å². The molecule has 21 heavy (non-hydrogen) atoms. The summed E-state index contributed by atoms with van der Waals surface area (Å²) in [5.74, 6) is 0.462. The number of alkyl halides is 1. The van der Waals surface area contributed by atoms with Crippen LogP contribution < -0.4 is 0 Å². The first-order chi connectivity index (χ1) is 10.0. The molecule has 118 valence electrons. The third kappa shape index (κ3) is 4.68. The van der Waals surface area contributed by atoms with Crippen molar-refractivity contribution in [2.45, 2.75) is 37.5 Å². The molecule has 1 saturated heterocycles. The number of halogens is 1. The smallest absolute Gasteiger partial charge is 0.218 e. The lowest BCUT2D eigenvalue weighted by Gasteiger charge is -2.23. The summed E-state index contributed by atoms with van der Waals surface area (Å²) < 4.78 is 32.1. The monoisotopic (exact) mass is 331 g/mol. The second-order valence-corrected chi connectivity index (χ2v) is 7.53. The predicted molar refractivity (Wildman–Crippen MR) is 84.8 cm³/mol. The predicted octanol–water partition coefficient (Wildman–Crippen LogP) is 2.76. The fraction of sp³-hybridized carbons (Fsp3) is 0.600. The molecule has 6 heteroatoms. The Kier molecular flexibility index (Phi) is 6.05. The van der Waals surface area contributed by atoms with Gasteiger partial charge in [-0.2, -0.15) is 4.31 Å². The molecule has 1 heterocycles. The molecule has 1 aliphatic rings. The number of sulfonamides is 1. The molecule has 0 radical (unpaired) electrons. The van der Waals surface area contributed by atoms with E-state index in [-0.39, 0.29) is 11.9 Å². The number of ether oxygens (including phenoxy) is 1. The molecule has 1 aliphatic heterocycles. The van der Waals surface area contributed by atoms with Crippen molar-refractivity contribution >= 4 is 21.6 Å². The average Bonchev–Trinajstić information content (AvgIpc) is 2.98. The largest absolute Gasteiger partial charge is 0.377 e. The van der Waals surface area contributed by atoms with E-state index in [2.05, 4.69) is 0 Å². The van der Waals surface area contributed by atoms with Gasteiger partial charge in [-0.1, -0.05) is 31.2 Å². The molecule has 1 unspecified atom stereocenters.